The standard InChI is InChI=1S/C21H14ClF3N4O.C2HF3O2/c22-15-7-3-5-13(11-15)17-16-8-1-2-10-29(16)19(27-17)20(30)28-18(21(23,24)25)14-6-4-9-26-12-14;3-2(4,5)1(6)7/h1-12,18H,(H,28,30);(H,6,7)/p+1. The average Bonchev–Trinajstić information content (AvgIpc) is 3.22. The fourth-order valence-electron chi connectivity index (χ4n) is 3.26. The Morgan fingerprint density at radius 3 is 2.30 bits per heavy atom. The summed E-state index contributed by atoms with van der Waals surface area (Å²) in [6, 6.07) is 12.8. The van der Waals surface area contributed by atoms with Crippen LogP contribution in [0.2, 0.25) is 5.02 Å². The summed E-state index contributed by atoms with van der Waals surface area (Å²) in [6.45, 7) is 0. The third kappa shape index (κ3) is 6.76. The first kappa shape index (κ1) is 27.5. The molecular formula is C23H16ClF6N4O3+. The van der Waals surface area contributed by atoms with Gasteiger partial charge in [0.25, 0.3) is 0 Å². The second kappa shape index (κ2) is 10.9. The van der Waals surface area contributed by atoms with Gasteiger partial charge in [-0.1, -0.05) is 29.8 Å². The van der Waals surface area contributed by atoms with Crippen LogP contribution in [0.5, 0.6) is 0 Å². The molecule has 1 amide bonds. The summed E-state index contributed by atoms with van der Waals surface area (Å²) in [5, 5.41) is 11.4. The Hall–Kier alpha value is -4.13. The summed E-state index contributed by atoms with van der Waals surface area (Å²) in [5.41, 5.74) is 1.80. The summed E-state index contributed by atoms with van der Waals surface area (Å²) < 4.78 is 74.0. The van der Waals surface area contributed by atoms with E-state index >= 15 is 0 Å². The average molecular weight is 546 g/mol. The number of benzene rings is 1. The van der Waals surface area contributed by atoms with Crippen molar-refractivity contribution in [3.05, 3.63) is 89.6 Å². The SMILES string of the molecule is O=C(NC(c1ccc[nH+]c1)C(F)(F)F)c1[nH]c(-c2cccc(Cl)c2)c2cccc[n+]12.O=C([O-])C(F)(F)F. The smallest absolute Gasteiger partial charge is 0.430 e. The molecule has 0 aliphatic rings. The zero-order chi connectivity index (χ0) is 27.4. The van der Waals surface area contributed by atoms with Crippen molar-refractivity contribution >= 4 is 29.0 Å². The number of carbonyl (C=O) groups is 2. The van der Waals surface area contributed by atoms with E-state index in [1.165, 1.54) is 28.9 Å². The van der Waals surface area contributed by atoms with Crippen molar-refractivity contribution in [1.29, 1.82) is 0 Å². The predicted octanol–water partition coefficient (Wildman–Crippen LogP) is 3.22. The third-order valence-electron chi connectivity index (χ3n) is 4.83. The maximum atomic E-state index is 13.7. The fourth-order valence-corrected chi connectivity index (χ4v) is 3.45. The summed E-state index contributed by atoms with van der Waals surface area (Å²) in [6.07, 6.45) is -5.57. The number of alkyl halides is 6. The van der Waals surface area contributed by atoms with Crippen molar-refractivity contribution < 1.29 is 50.4 Å². The van der Waals surface area contributed by atoms with E-state index in [4.69, 9.17) is 21.5 Å². The number of pyridine rings is 2. The van der Waals surface area contributed by atoms with Crippen LogP contribution in [0.4, 0.5) is 26.3 Å². The number of carboxylic acids is 1. The number of halogens is 7. The van der Waals surface area contributed by atoms with E-state index < -0.39 is 30.3 Å². The first-order valence-corrected chi connectivity index (χ1v) is 10.6. The fraction of sp³-hybridized carbons (Fsp3) is 0.130. The van der Waals surface area contributed by atoms with Gasteiger partial charge in [-0.05, 0) is 30.3 Å². The number of hydrogen-bond donors (Lipinski definition) is 2. The van der Waals surface area contributed by atoms with Gasteiger partial charge in [0.2, 0.25) is 0 Å². The van der Waals surface area contributed by atoms with Gasteiger partial charge in [-0.15, -0.1) is 0 Å². The monoisotopic (exact) mass is 545 g/mol. The number of carbonyl (C=O) groups excluding carboxylic acids is 2. The van der Waals surface area contributed by atoms with Gasteiger partial charge in [0.15, 0.2) is 29.6 Å². The molecule has 37 heavy (non-hydrogen) atoms. The number of amides is 1. The van der Waals surface area contributed by atoms with Gasteiger partial charge in [0, 0.05) is 22.2 Å². The van der Waals surface area contributed by atoms with Crippen molar-refractivity contribution in [2.75, 3.05) is 0 Å². The van der Waals surface area contributed by atoms with Crippen LogP contribution in [0, 0.1) is 0 Å². The lowest BCUT2D eigenvalue weighted by Crippen LogP contribution is -2.42. The summed E-state index contributed by atoms with van der Waals surface area (Å²) in [7, 11) is 0. The van der Waals surface area contributed by atoms with Gasteiger partial charge in [0.05, 0.1) is 6.20 Å². The Kier molecular flexibility index (Phi) is 8.06. The van der Waals surface area contributed by atoms with E-state index in [9.17, 15) is 31.1 Å². The highest BCUT2D eigenvalue weighted by Crippen LogP contribution is 2.32. The number of aliphatic carboxylic acids is 1. The zero-order valence-corrected chi connectivity index (χ0v) is 19.1. The van der Waals surface area contributed by atoms with Gasteiger partial charge in [-0.25, -0.2) is 9.97 Å². The molecule has 0 aliphatic heterocycles. The Labute approximate surface area is 209 Å². The number of aromatic amines is 2. The van der Waals surface area contributed by atoms with Gasteiger partial charge in [-0.2, -0.15) is 30.7 Å². The molecule has 3 N–H and O–H groups in total. The van der Waals surface area contributed by atoms with E-state index in [0.717, 1.165) is 0 Å². The molecular weight excluding hydrogens is 530 g/mol. The molecule has 4 rings (SSSR count). The Morgan fingerprint density at radius 2 is 1.73 bits per heavy atom. The highest BCUT2D eigenvalue weighted by atomic mass is 35.5. The minimum atomic E-state index is -5.19. The molecule has 0 saturated carbocycles. The number of aromatic nitrogens is 3. The maximum Gasteiger partial charge on any atom is 0.430 e. The van der Waals surface area contributed by atoms with Gasteiger partial charge in [-0.3, -0.25) is 4.79 Å². The van der Waals surface area contributed by atoms with Crippen molar-refractivity contribution in [3.8, 4) is 11.3 Å². The van der Waals surface area contributed by atoms with Crippen LogP contribution < -0.4 is 19.8 Å². The number of imidazole rings is 1. The van der Waals surface area contributed by atoms with E-state index in [1.54, 1.807) is 48.7 Å². The number of carboxylic acid groups (broad SMARTS) is 1. The largest absolute Gasteiger partial charge is 0.542 e. The van der Waals surface area contributed by atoms with Crippen LogP contribution in [-0.2, 0) is 4.79 Å². The first-order valence-electron chi connectivity index (χ1n) is 10.2. The van der Waals surface area contributed by atoms with Crippen LogP contribution in [0.3, 0.4) is 0 Å². The molecule has 0 radical (unpaired) electrons. The summed E-state index contributed by atoms with van der Waals surface area (Å²) in [5.74, 6) is -3.93. The van der Waals surface area contributed by atoms with Crippen molar-refractivity contribution in [3.63, 3.8) is 0 Å². The molecule has 1 atom stereocenters. The lowest BCUT2D eigenvalue weighted by molar-refractivity contribution is -0.514. The van der Waals surface area contributed by atoms with Gasteiger partial charge >= 0.3 is 24.1 Å². The molecule has 1 aromatic carbocycles. The van der Waals surface area contributed by atoms with E-state index in [2.05, 4.69) is 15.3 Å². The summed E-state index contributed by atoms with van der Waals surface area (Å²) >= 11 is 6.07. The minimum Gasteiger partial charge on any atom is -0.542 e. The Balaban J connectivity index is 0.000000479. The van der Waals surface area contributed by atoms with Crippen LogP contribution in [-0.4, -0.2) is 29.2 Å². The lowest BCUT2D eigenvalue weighted by Gasteiger charge is -2.19. The Morgan fingerprint density at radius 1 is 1.03 bits per heavy atom. The normalized spacial score (nSPS) is 12.4. The number of nitrogens with one attached hydrogen (secondary N) is 3. The van der Waals surface area contributed by atoms with E-state index in [1.807, 2.05) is 0 Å². The minimum absolute atomic E-state index is 0.0327. The number of rotatable bonds is 4. The molecule has 14 heteroatoms. The molecule has 1 unspecified atom stereocenters. The molecule has 0 spiro atoms. The van der Waals surface area contributed by atoms with Crippen molar-refractivity contribution in [1.82, 2.24) is 10.3 Å². The van der Waals surface area contributed by atoms with Crippen LogP contribution in [0.25, 0.3) is 16.8 Å². The molecule has 0 fully saturated rings. The molecule has 3 heterocycles. The molecule has 3 aromatic heterocycles. The molecule has 4 aromatic rings. The zero-order valence-electron chi connectivity index (χ0n) is 18.3. The Bertz CT molecular complexity index is 1410. The van der Waals surface area contributed by atoms with E-state index in [-0.39, 0.29) is 11.4 Å². The van der Waals surface area contributed by atoms with Crippen LogP contribution >= 0.6 is 11.6 Å². The van der Waals surface area contributed by atoms with Crippen molar-refractivity contribution in [2.24, 2.45) is 0 Å². The van der Waals surface area contributed by atoms with Gasteiger partial charge < -0.3 is 15.2 Å². The molecule has 0 aliphatic carbocycles. The quantitative estimate of drug-likeness (QED) is 0.304. The van der Waals surface area contributed by atoms with Crippen LogP contribution in [0.1, 0.15) is 22.2 Å². The highest BCUT2D eigenvalue weighted by molar-refractivity contribution is 6.30. The van der Waals surface area contributed by atoms with Gasteiger partial charge in [0.1, 0.15) is 5.97 Å². The maximum absolute atomic E-state index is 13.7. The highest BCUT2D eigenvalue weighted by Gasteiger charge is 2.44. The number of hydrogen-bond acceptors (Lipinski definition) is 3. The summed E-state index contributed by atoms with van der Waals surface area (Å²) in [4.78, 5) is 27.3. The number of H-pyrrole nitrogens is 2. The lowest BCUT2D eigenvalue weighted by atomic mass is 10.1. The molecule has 7 nitrogen and oxygen atoms in total. The first-order chi connectivity index (χ1) is 17.3. The van der Waals surface area contributed by atoms with Crippen molar-refractivity contribution in [2.45, 2.75) is 18.4 Å². The number of nitrogens with zero attached hydrogens (tertiary/aromatic N) is 1. The second-order valence-electron chi connectivity index (χ2n) is 7.38. The third-order valence-corrected chi connectivity index (χ3v) is 5.06. The number of fused-ring (bicyclic) bond motifs is 1. The second-order valence-corrected chi connectivity index (χ2v) is 7.82. The predicted molar refractivity (Wildman–Crippen MR) is 115 cm³/mol. The molecule has 0 bridgehead atoms. The van der Waals surface area contributed by atoms with E-state index in [0.29, 0.717) is 21.8 Å². The topological polar surface area (TPSA) is 103 Å². The van der Waals surface area contributed by atoms with Crippen LogP contribution in [0.15, 0.2) is 73.2 Å². The molecule has 0 saturated heterocycles. The molecule has 194 valence electrons.